The Hall–Kier alpha value is -1.58. The molecule has 1 rings (SSSR count). The van der Waals surface area contributed by atoms with Crippen molar-refractivity contribution in [1.29, 1.82) is 0 Å². The van der Waals surface area contributed by atoms with E-state index in [1.807, 2.05) is 0 Å². The van der Waals surface area contributed by atoms with Gasteiger partial charge in [0.05, 0.1) is 0 Å². The maximum Gasteiger partial charge on any atom is 0.275 e. The van der Waals surface area contributed by atoms with Gasteiger partial charge in [-0.25, -0.2) is 0 Å². The van der Waals surface area contributed by atoms with Crippen molar-refractivity contribution >= 4 is 0 Å². The third kappa shape index (κ3) is 1.02. The van der Waals surface area contributed by atoms with E-state index in [4.69, 9.17) is 5.11 Å². The number of hydrogen-bond acceptors (Lipinski definition) is 4. The Labute approximate surface area is 62.0 Å². The van der Waals surface area contributed by atoms with Crippen molar-refractivity contribution in [1.82, 2.24) is 0 Å². The summed E-state index contributed by atoms with van der Waals surface area (Å²) in [7, 11) is 0. The minimum absolute atomic E-state index is 0.110. The number of hydrogen-bond donors (Lipinski definition) is 1. The minimum atomic E-state index is -0.885. The predicted molar refractivity (Wildman–Crippen MR) is 38.7 cm³/mol. The van der Waals surface area contributed by atoms with Gasteiger partial charge in [-0.15, -0.1) is 0 Å². The van der Waals surface area contributed by atoms with Gasteiger partial charge < -0.3 is 9.84 Å². The largest absolute Gasteiger partial charge is 0.501 e. The lowest BCUT2D eigenvalue weighted by molar-refractivity contribution is 0.322. The zero-order chi connectivity index (χ0) is 8.43. The van der Waals surface area contributed by atoms with Crippen LogP contribution in [0.1, 0.15) is 0 Å². The molecule has 0 saturated carbocycles. The quantitative estimate of drug-likeness (QED) is 0.473. The molecule has 0 saturated heterocycles. The lowest BCUT2D eigenvalue weighted by Crippen LogP contribution is -2.31. The molecule has 4 nitrogen and oxygen atoms in total. The summed E-state index contributed by atoms with van der Waals surface area (Å²) in [6.07, 6.45) is 1.41. The van der Waals surface area contributed by atoms with Gasteiger partial charge >= 0.3 is 0 Å². The molecule has 1 aromatic rings. The monoisotopic (exact) mass is 154 g/mol. The van der Waals surface area contributed by atoms with Crippen molar-refractivity contribution in [2.45, 2.75) is 0 Å². The van der Waals surface area contributed by atoms with E-state index in [1.54, 1.807) is 0 Å². The molecule has 4 heteroatoms. The molecule has 0 aromatic heterocycles. The lowest BCUT2D eigenvalue weighted by atomic mass is 10.2. The van der Waals surface area contributed by atoms with Gasteiger partial charge in [0.1, 0.15) is 6.61 Å². The molecule has 0 radical (unpaired) electrons. The van der Waals surface area contributed by atoms with Crippen LogP contribution < -0.4 is 15.6 Å². The Kier molecular flexibility index (Phi) is 1.76. The van der Waals surface area contributed by atoms with Gasteiger partial charge in [-0.2, -0.15) is 0 Å². The highest BCUT2D eigenvalue weighted by Gasteiger charge is 2.20. The Morgan fingerprint density at radius 3 is 2.55 bits per heavy atom. The second-order valence-corrected chi connectivity index (χ2v) is 1.94. The smallest absolute Gasteiger partial charge is 0.275 e. The van der Waals surface area contributed by atoms with E-state index in [2.05, 4.69) is 11.3 Å². The molecule has 1 N–H and O–H groups in total. The molecule has 0 aliphatic rings. The maximum absolute atomic E-state index is 10.6. The molecule has 0 bridgehead atoms. The lowest BCUT2D eigenvalue weighted by Gasteiger charge is -2.04. The summed E-state index contributed by atoms with van der Waals surface area (Å²) < 4.78 is 4.66. The normalized spacial score (nSPS) is 9.82. The zero-order valence-corrected chi connectivity index (χ0v) is 5.66. The molecule has 0 atom stereocenters. The van der Waals surface area contributed by atoms with Crippen molar-refractivity contribution in [2.24, 2.45) is 0 Å². The van der Waals surface area contributed by atoms with Gasteiger partial charge in [-0.3, -0.25) is 9.59 Å². The Balaban J connectivity index is 2.82. The van der Waals surface area contributed by atoms with E-state index in [0.717, 1.165) is 0 Å². The zero-order valence-electron chi connectivity index (χ0n) is 5.66. The third-order valence-electron chi connectivity index (χ3n) is 1.19. The molecule has 0 aliphatic carbocycles. The fourth-order valence-electron chi connectivity index (χ4n) is 0.635. The van der Waals surface area contributed by atoms with Crippen molar-refractivity contribution in [3.05, 3.63) is 33.1 Å². The SMILES string of the molecule is C=CCOc1c(O)c(=O)c1=O. The number of ether oxygens (including phenoxy) is 1. The summed E-state index contributed by atoms with van der Waals surface area (Å²) in [5.41, 5.74) is -1.66. The van der Waals surface area contributed by atoms with Crippen LogP contribution in [0.5, 0.6) is 11.5 Å². The van der Waals surface area contributed by atoms with Crippen LogP contribution in [0.2, 0.25) is 0 Å². The summed E-state index contributed by atoms with van der Waals surface area (Å²) >= 11 is 0. The highest BCUT2D eigenvalue weighted by Crippen LogP contribution is 2.17. The molecule has 0 amide bonds. The van der Waals surface area contributed by atoms with Crippen molar-refractivity contribution < 1.29 is 9.84 Å². The highest BCUT2D eigenvalue weighted by atomic mass is 16.5. The Bertz CT molecular complexity index is 343. The molecule has 1 aromatic carbocycles. The molecular weight excluding hydrogens is 148 g/mol. The summed E-state index contributed by atoms with van der Waals surface area (Å²) in [6.45, 7) is 3.44. The Morgan fingerprint density at radius 1 is 1.45 bits per heavy atom. The molecule has 0 unspecified atom stereocenters. The minimum Gasteiger partial charge on any atom is -0.501 e. The molecule has 0 spiro atoms. The third-order valence-corrected chi connectivity index (χ3v) is 1.19. The van der Waals surface area contributed by atoms with Gasteiger partial charge in [0, 0.05) is 0 Å². The van der Waals surface area contributed by atoms with Crippen LogP contribution in [-0.4, -0.2) is 11.7 Å². The van der Waals surface area contributed by atoms with Crippen LogP contribution >= 0.6 is 0 Å². The fourth-order valence-corrected chi connectivity index (χ4v) is 0.635. The summed E-state index contributed by atoms with van der Waals surface area (Å²) in [5, 5.41) is 8.72. The first kappa shape index (κ1) is 7.53. The van der Waals surface area contributed by atoms with Crippen LogP contribution in [0.25, 0.3) is 0 Å². The van der Waals surface area contributed by atoms with Gasteiger partial charge in [-0.1, -0.05) is 12.7 Å². The summed E-state index contributed by atoms with van der Waals surface area (Å²) in [5.74, 6) is -0.841. The summed E-state index contributed by atoms with van der Waals surface area (Å²) in [4.78, 5) is 20.9. The van der Waals surface area contributed by atoms with Crippen LogP contribution in [-0.2, 0) is 0 Å². The number of aromatic hydroxyl groups is 1. The van der Waals surface area contributed by atoms with Gasteiger partial charge in [0.25, 0.3) is 10.9 Å². The topological polar surface area (TPSA) is 63.6 Å². The van der Waals surface area contributed by atoms with Crippen LogP contribution in [0.15, 0.2) is 22.2 Å². The van der Waals surface area contributed by atoms with Crippen molar-refractivity contribution in [3.8, 4) is 11.5 Å². The van der Waals surface area contributed by atoms with E-state index < -0.39 is 16.6 Å². The second kappa shape index (κ2) is 2.57. The standard InChI is InChI=1S/C7H6O4/c1-2-3-11-7-5(9)4(8)6(7)10/h2,9H,1,3H2. The van der Waals surface area contributed by atoms with E-state index in [0.29, 0.717) is 0 Å². The van der Waals surface area contributed by atoms with Gasteiger partial charge in [-0.05, 0) is 0 Å². The predicted octanol–water partition coefficient (Wildman–Crippen LogP) is -0.447. The average molecular weight is 154 g/mol. The second-order valence-electron chi connectivity index (χ2n) is 1.94. The molecule has 0 fully saturated rings. The molecule has 0 heterocycles. The molecule has 58 valence electrons. The van der Waals surface area contributed by atoms with E-state index in [9.17, 15) is 9.59 Å². The molecule has 11 heavy (non-hydrogen) atoms. The first-order valence-corrected chi connectivity index (χ1v) is 2.94. The van der Waals surface area contributed by atoms with Gasteiger partial charge in [0.15, 0.2) is 0 Å². The van der Waals surface area contributed by atoms with Crippen LogP contribution in [0, 0.1) is 0 Å². The first-order chi connectivity index (χ1) is 5.18. The highest BCUT2D eigenvalue weighted by molar-refractivity contribution is 5.44. The van der Waals surface area contributed by atoms with E-state index >= 15 is 0 Å². The Morgan fingerprint density at radius 2 is 2.09 bits per heavy atom. The van der Waals surface area contributed by atoms with E-state index in [-0.39, 0.29) is 12.4 Å². The molecular formula is C7H6O4. The van der Waals surface area contributed by atoms with Crippen LogP contribution in [0.4, 0.5) is 0 Å². The van der Waals surface area contributed by atoms with Crippen LogP contribution in [0.3, 0.4) is 0 Å². The van der Waals surface area contributed by atoms with Crippen molar-refractivity contribution in [2.75, 3.05) is 6.61 Å². The maximum atomic E-state index is 10.6. The average Bonchev–Trinajstić information content (AvgIpc) is 2.04. The molecule has 0 aliphatic heterocycles. The van der Waals surface area contributed by atoms with E-state index in [1.165, 1.54) is 6.08 Å². The fraction of sp³-hybridized carbons (Fsp3) is 0.143. The van der Waals surface area contributed by atoms with Crippen molar-refractivity contribution in [3.63, 3.8) is 0 Å². The first-order valence-electron chi connectivity index (χ1n) is 2.94. The van der Waals surface area contributed by atoms with Gasteiger partial charge in [0.2, 0.25) is 11.5 Å². The number of rotatable bonds is 3. The summed E-state index contributed by atoms with van der Waals surface area (Å²) in [6, 6.07) is 0.